The van der Waals surface area contributed by atoms with Crippen molar-refractivity contribution in [3.8, 4) is 22.3 Å². The van der Waals surface area contributed by atoms with Crippen molar-refractivity contribution >= 4 is 49.7 Å². The monoisotopic (exact) mass is 613 g/mol. The highest BCUT2D eigenvalue weighted by atomic mass is 15.3. The minimum atomic E-state index is 0.487. The van der Waals surface area contributed by atoms with Crippen LogP contribution >= 0.6 is 0 Å². The van der Waals surface area contributed by atoms with Crippen molar-refractivity contribution < 1.29 is 0 Å². The zero-order valence-electron chi connectivity index (χ0n) is 26.3. The molecule has 0 aliphatic carbocycles. The Bertz CT molecular complexity index is 2500. The van der Waals surface area contributed by atoms with Gasteiger partial charge >= 0.3 is 0 Å². The summed E-state index contributed by atoms with van der Waals surface area (Å²) in [6.45, 7) is 0.487. The van der Waals surface area contributed by atoms with E-state index in [4.69, 9.17) is 9.98 Å². The fourth-order valence-electron chi connectivity index (χ4n) is 6.97. The molecule has 8 aromatic rings. The van der Waals surface area contributed by atoms with Gasteiger partial charge in [0.15, 0.2) is 5.84 Å². The highest BCUT2D eigenvalue weighted by Crippen LogP contribution is 2.38. The van der Waals surface area contributed by atoms with E-state index in [1.165, 1.54) is 49.0 Å². The van der Waals surface area contributed by atoms with Gasteiger partial charge in [-0.2, -0.15) is 0 Å². The molecule has 0 amide bonds. The smallest absolute Gasteiger partial charge is 0.158 e. The van der Waals surface area contributed by atoms with Crippen LogP contribution in [-0.4, -0.2) is 18.3 Å². The lowest BCUT2D eigenvalue weighted by Crippen LogP contribution is -2.36. The second-order valence-electron chi connectivity index (χ2n) is 12.2. The number of aliphatic imine (C=N–C) groups is 2. The van der Waals surface area contributed by atoms with Gasteiger partial charge in [-0.1, -0.05) is 152 Å². The van der Waals surface area contributed by atoms with Crippen molar-refractivity contribution in [3.05, 3.63) is 187 Å². The summed E-state index contributed by atoms with van der Waals surface area (Å²) >= 11 is 0. The van der Waals surface area contributed by atoms with Crippen molar-refractivity contribution in [1.29, 1.82) is 0 Å². The van der Waals surface area contributed by atoms with Crippen LogP contribution in [0.25, 0.3) is 54.6 Å². The van der Waals surface area contributed by atoms with Crippen LogP contribution in [0, 0.1) is 0 Å². The molecule has 8 aromatic carbocycles. The Kier molecular flexibility index (Phi) is 6.87. The highest BCUT2D eigenvalue weighted by Gasteiger charge is 2.21. The molecule has 226 valence electrons. The summed E-state index contributed by atoms with van der Waals surface area (Å²) in [5, 5.41) is 7.73. The van der Waals surface area contributed by atoms with Crippen LogP contribution in [0.5, 0.6) is 0 Å². The van der Waals surface area contributed by atoms with Gasteiger partial charge in [0.05, 0.1) is 0 Å². The van der Waals surface area contributed by atoms with Crippen LogP contribution in [0.1, 0.15) is 11.1 Å². The summed E-state index contributed by atoms with van der Waals surface area (Å²) in [7, 11) is 0. The summed E-state index contributed by atoms with van der Waals surface area (Å²) in [6.07, 6.45) is 0. The summed E-state index contributed by atoms with van der Waals surface area (Å²) in [5.74, 6) is 1.65. The molecule has 0 unspecified atom stereocenters. The Labute approximate surface area is 279 Å². The van der Waals surface area contributed by atoms with Gasteiger partial charge in [-0.25, -0.2) is 9.98 Å². The lowest BCUT2D eigenvalue weighted by molar-refractivity contribution is 0.985. The number of nitrogens with zero attached hydrogens (tertiary/aromatic N) is 3. The number of hydrogen-bond acceptors (Lipinski definition) is 3. The maximum absolute atomic E-state index is 5.09. The Morgan fingerprint density at radius 3 is 1.48 bits per heavy atom. The van der Waals surface area contributed by atoms with Gasteiger partial charge in [-0.3, -0.25) is 0 Å². The van der Waals surface area contributed by atoms with Gasteiger partial charge in [0.25, 0.3) is 0 Å². The van der Waals surface area contributed by atoms with Crippen molar-refractivity contribution in [2.75, 3.05) is 11.6 Å². The quantitative estimate of drug-likeness (QED) is 0.178. The maximum atomic E-state index is 5.09. The van der Waals surface area contributed by atoms with E-state index in [1.54, 1.807) is 0 Å². The van der Waals surface area contributed by atoms with Crippen LogP contribution in [0.3, 0.4) is 0 Å². The predicted molar refractivity (Wildman–Crippen MR) is 203 cm³/mol. The average Bonchev–Trinajstić information content (AvgIpc) is 3.18. The first kappa shape index (κ1) is 27.9. The van der Waals surface area contributed by atoms with E-state index in [0.29, 0.717) is 6.67 Å². The third-order valence-corrected chi connectivity index (χ3v) is 9.32. The van der Waals surface area contributed by atoms with Gasteiger partial charge in [0, 0.05) is 16.8 Å². The van der Waals surface area contributed by atoms with E-state index in [9.17, 15) is 0 Å². The highest BCUT2D eigenvalue weighted by molar-refractivity contribution is 6.25. The van der Waals surface area contributed by atoms with Crippen LogP contribution in [0.4, 0.5) is 5.69 Å². The minimum absolute atomic E-state index is 0.487. The molecule has 0 atom stereocenters. The Balaban J connectivity index is 1.10. The fourth-order valence-corrected chi connectivity index (χ4v) is 6.97. The van der Waals surface area contributed by atoms with Gasteiger partial charge in [0.2, 0.25) is 0 Å². The molecule has 0 aromatic heterocycles. The van der Waals surface area contributed by atoms with Crippen molar-refractivity contribution in [1.82, 2.24) is 0 Å². The van der Waals surface area contributed by atoms with E-state index in [2.05, 4.69) is 157 Å². The zero-order valence-corrected chi connectivity index (χ0v) is 26.3. The first-order valence-electron chi connectivity index (χ1n) is 16.4. The number of amidine groups is 2. The molecular formula is C45H31N3. The predicted octanol–water partition coefficient (Wildman–Crippen LogP) is 11.2. The molecule has 0 N–H and O–H groups in total. The van der Waals surface area contributed by atoms with E-state index >= 15 is 0 Å². The molecule has 1 aliphatic heterocycles. The first-order chi connectivity index (χ1) is 23.8. The summed E-state index contributed by atoms with van der Waals surface area (Å²) < 4.78 is 0. The molecule has 0 fully saturated rings. The standard InChI is InChI=1S/C45H31N3/c1-3-13-31(14-4-1)44-46-30-48(45(47-44)32-15-5-2-6-16-32)37-20-12-19-35(28-37)33-17-11-18-34(27-33)36-25-26-42-40-23-8-7-21-38(40)39-22-9-10-24-41(39)43(42)29-36/h1-29H,30H2. The normalized spacial score (nSPS) is 13.1. The van der Waals surface area contributed by atoms with E-state index in [0.717, 1.165) is 34.0 Å². The van der Waals surface area contributed by atoms with Crippen LogP contribution in [0.2, 0.25) is 0 Å². The Hall–Kier alpha value is -6.32. The average molecular weight is 614 g/mol. The van der Waals surface area contributed by atoms with Crippen LogP contribution in [0.15, 0.2) is 186 Å². The van der Waals surface area contributed by atoms with Gasteiger partial charge in [-0.15, -0.1) is 0 Å². The van der Waals surface area contributed by atoms with Gasteiger partial charge in [-0.05, 0) is 78.8 Å². The summed E-state index contributed by atoms with van der Waals surface area (Å²) in [6, 6.07) is 62.6. The molecule has 0 radical (unpaired) electrons. The third kappa shape index (κ3) is 4.94. The summed E-state index contributed by atoms with van der Waals surface area (Å²) in [5.41, 5.74) is 7.85. The van der Waals surface area contributed by atoms with Crippen LogP contribution in [-0.2, 0) is 0 Å². The molecule has 0 bridgehead atoms. The van der Waals surface area contributed by atoms with Crippen LogP contribution < -0.4 is 4.90 Å². The number of benzene rings is 8. The van der Waals surface area contributed by atoms with Crippen molar-refractivity contribution in [3.63, 3.8) is 0 Å². The Morgan fingerprint density at radius 1 is 0.354 bits per heavy atom. The molecule has 3 heteroatoms. The Morgan fingerprint density at radius 2 is 0.833 bits per heavy atom. The summed E-state index contributed by atoms with van der Waals surface area (Å²) in [4.78, 5) is 12.2. The molecule has 0 saturated heterocycles. The lowest BCUT2D eigenvalue weighted by atomic mass is 9.91. The molecule has 3 nitrogen and oxygen atoms in total. The molecule has 48 heavy (non-hydrogen) atoms. The zero-order chi connectivity index (χ0) is 31.9. The molecular weight excluding hydrogens is 583 g/mol. The van der Waals surface area contributed by atoms with Gasteiger partial charge in [0.1, 0.15) is 12.5 Å². The fraction of sp³-hybridized carbons (Fsp3) is 0.0222. The van der Waals surface area contributed by atoms with E-state index < -0.39 is 0 Å². The number of fused-ring (bicyclic) bond motifs is 6. The topological polar surface area (TPSA) is 28.0 Å². The third-order valence-electron chi connectivity index (χ3n) is 9.32. The van der Waals surface area contributed by atoms with Crippen molar-refractivity contribution in [2.45, 2.75) is 0 Å². The molecule has 9 rings (SSSR count). The molecule has 1 heterocycles. The lowest BCUT2D eigenvalue weighted by Gasteiger charge is -2.28. The molecule has 0 saturated carbocycles. The van der Waals surface area contributed by atoms with Gasteiger partial charge < -0.3 is 4.90 Å². The molecule has 1 aliphatic rings. The van der Waals surface area contributed by atoms with Crippen molar-refractivity contribution in [2.24, 2.45) is 9.98 Å². The van der Waals surface area contributed by atoms with E-state index in [1.807, 2.05) is 24.3 Å². The minimum Gasteiger partial charge on any atom is -0.306 e. The number of anilines is 1. The number of hydrogen-bond donors (Lipinski definition) is 0. The largest absolute Gasteiger partial charge is 0.306 e. The second kappa shape index (κ2) is 11.8. The molecule has 0 spiro atoms. The maximum Gasteiger partial charge on any atom is 0.158 e. The number of rotatable bonds is 5. The SMILES string of the molecule is c1ccc(C2=NCN(c3cccc(-c4cccc(-c5ccc6c7ccccc7c7ccccc7c6c5)c4)c3)C(c3ccccc3)=N2)cc1. The second-order valence-corrected chi connectivity index (χ2v) is 12.2. The van der Waals surface area contributed by atoms with E-state index in [-0.39, 0.29) is 0 Å². The first-order valence-corrected chi connectivity index (χ1v) is 16.4.